The molecule has 1 unspecified atom stereocenters. The van der Waals surface area contributed by atoms with Gasteiger partial charge in [-0.3, -0.25) is 4.79 Å². The number of hydrogen-bond donors (Lipinski definition) is 0. The van der Waals surface area contributed by atoms with Gasteiger partial charge in [0.1, 0.15) is 11.5 Å². The summed E-state index contributed by atoms with van der Waals surface area (Å²) in [5, 5.41) is 0. The highest BCUT2D eigenvalue weighted by atomic mass is 16.5. The van der Waals surface area contributed by atoms with Crippen LogP contribution in [0.2, 0.25) is 0 Å². The number of ether oxygens (including phenoxy) is 1. The molecule has 24 heavy (non-hydrogen) atoms. The molecular weight excluding hydrogens is 298 g/mol. The third kappa shape index (κ3) is 4.68. The third-order valence-electron chi connectivity index (χ3n) is 4.55. The second-order valence-corrected chi connectivity index (χ2v) is 6.66. The van der Waals surface area contributed by atoms with Gasteiger partial charge in [-0.2, -0.15) is 0 Å². The van der Waals surface area contributed by atoms with Gasteiger partial charge >= 0.3 is 0 Å². The van der Waals surface area contributed by atoms with Crippen LogP contribution < -0.4 is 4.74 Å². The largest absolute Gasteiger partial charge is 0.457 e. The molecule has 0 amide bonds. The van der Waals surface area contributed by atoms with Crippen molar-refractivity contribution in [3.05, 3.63) is 60.2 Å². The maximum Gasteiger partial charge on any atom is 0.164 e. The third-order valence-corrected chi connectivity index (χ3v) is 4.55. The van der Waals surface area contributed by atoms with Crippen LogP contribution in [-0.4, -0.2) is 30.3 Å². The predicted octanol–water partition coefficient (Wildman–Crippen LogP) is 4.78. The fourth-order valence-electron chi connectivity index (χ4n) is 3.23. The molecule has 0 bridgehead atoms. The van der Waals surface area contributed by atoms with E-state index in [2.05, 4.69) is 11.8 Å². The number of carbonyl (C=O) groups excluding carboxylic acids is 1. The molecule has 3 heteroatoms. The van der Waals surface area contributed by atoms with Crippen molar-refractivity contribution in [1.82, 2.24) is 4.90 Å². The minimum atomic E-state index is 0.208. The Morgan fingerprint density at radius 3 is 2.50 bits per heavy atom. The van der Waals surface area contributed by atoms with E-state index in [-0.39, 0.29) is 5.78 Å². The molecule has 1 atom stereocenters. The first-order valence-electron chi connectivity index (χ1n) is 8.79. The molecule has 1 heterocycles. The second-order valence-electron chi connectivity index (χ2n) is 6.66. The Balaban J connectivity index is 1.52. The van der Waals surface area contributed by atoms with Gasteiger partial charge in [-0.1, -0.05) is 25.1 Å². The first kappa shape index (κ1) is 16.7. The van der Waals surface area contributed by atoms with Crippen molar-refractivity contribution in [3.8, 4) is 11.5 Å². The van der Waals surface area contributed by atoms with Crippen LogP contribution in [0.1, 0.15) is 36.5 Å². The minimum absolute atomic E-state index is 0.208. The predicted molar refractivity (Wildman–Crippen MR) is 96.7 cm³/mol. The van der Waals surface area contributed by atoms with E-state index in [1.54, 1.807) is 0 Å². The lowest BCUT2D eigenvalue weighted by Gasteiger charge is -2.30. The number of carbonyl (C=O) groups is 1. The summed E-state index contributed by atoms with van der Waals surface area (Å²) in [6, 6.07) is 17.1. The van der Waals surface area contributed by atoms with E-state index in [0.29, 0.717) is 6.42 Å². The lowest BCUT2D eigenvalue weighted by molar-refractivity contribution is 0.0949. The zero-order chi connectivity index (χ0) is 16.8. The van der Waals surface area contributed by atoms with E-state index in [4.69, 9.17) is 4.74 Å². The fraction of sp³-hybridized carbons (Fsp3) is 0.381. The van der Waals surface area contributed by atoms with E-state index < -0.39 is 0 Å². The van der Waals surface area contributed by atoms with E-state index in [1.807, 2.05) is 54.6 Å². The maximum absolute atomic E-state index is 12.4. The molecule has 2 aromatic rings. The van der Waals surface area contributed by atoms with Crippen LogP contribution in [0.3, 0.4) is 0 Å². The van der Waals surface area contributed by atoms with Gasteiger partial charge in [0.25, 0.3) is 0 Å². The van der Waals surface area contributed by atoms with Gasteiger partial charge in [-0.25, -0.2) is 0 Å². The number of para-hydroxylation sites is 1. The average molecular weight is 323 g/mol. The van der Waals surface area contributed by atoms with Gasteiger partial charge in [0.2, 0.25) is 0 Å². The smallest absolute Gasteiger partial charge is 0.164 e. The summed E-state index contributed by atoms with van der Waals surface area (Å²) in [5.74, 6) is 2.51. The van der Waals surface area contributed by atoms with Gasteiger partial charge in [0.15, 0.2) is 5.78 Å². The molecule has 1 fully saturated rings. The lowest BCUT2D eigenvalue weighted by atomic mass is 9.99. The lowest BCUT2D eigenvalue weighted by Crippen LogP contribution is -2.35. The van der Waals surface area contributed by atoms with Crippen LogP contribution in [0.25, 0.3) is 0 Å². The van der Waals surface area contributed by atoms with Crippen molar-refractivity contribution in [3.63, 3.8) is 0 Å². The van der Waals surface area contributed by atoms with E-state index in [0.717, 1.165) is 42.6 Å². The Kier molecular flexibility index (Phi) is 5.65. The van der Waals surface area contributed by atoms with Gasteiger partial charge in [0, 0.05) is 25.1 Å². The molecule has 0 spiro atoms. The molecule has 0 aliphatic carbocycles. The standard InChI is InChI=1S/C21H25NO2/c1-17-6-5-14-22(16-17)15-13-21(23)18-9-11-20(12-10-18)24-19-7-3-2-4-8-19/h2-4,7-12,17H,5-6,13-16H2,1H3. The molecule has 0 aromatic heterocycles. The number of nitrogens with zero attached hydrogens (tertiary/aromatic N) is 1. The quantitative estimate of drug-likeness (QED) is 0.716. The van der Waals surface area contributed by atoms with Crippen LogP contribution in [0, 0.1) is 5.92 Å². The SMILES string of the molecule is CC1CCCN(CCC(=O)c2ccc(Oc3ccccc3)cc2)C1. The van der Waals surface area contributed by atoms with Crippen LogP contribution in [0.5, 0.6) is 11.5 Å². The Labute approximate surface area is 144 Å². The fourth-order valence-corrected chi connectivity index (χ4v) is 3.23. The van der Waals surface area contributed by atoms with Gasteiger partial charge in [0.05, 0.1) is 0 Å². The molecule has 0 saturated carbocycles. The molecule has 1 aliphatic heterocycles. The number of likely N-dealkylation sites (tertiary alicyclic amines) is 1. The topological polar surface area (TPSA) is 29.5 Å². The highest BCUT2D eigenvalue weighted by molar-refractivity contribution is 5.96. The Bertz CT molecular complexity index is 651. The summed E-state index contributed by atoms with van der Waals surface area (Å²) >= 11 is 0. The van der Waals surface area contributed by atoms with Gasteiger partial charge in [-0.15, -0.1) is 0 Å². The Hall–Kier alpha value is -2.13. The molecule has 2 aromatic carbocycles. The minimum Gasteiger partial charge on any atom is -0.457 e. The van der Waals surface area contributed by atoms with E-state index in [9.17, 15) is 4.79 Å². The van der Waals surface area contributed by atoms with Crippen molar-refractivity contribution in [2.45, 2.75) is 26.2 Å². The molecule has 0 N–H and O–H groups in total. The van der Waals surface area contributed by atoms with Crippen molar-refractivity contribution in [2.75, 3.05) is 19.6 Å². The first-order valence-corrected chi connectivity index (χ1v) is 8.79. The van der Waals surface area contributed by atoms with Gasteiger partial charge in [-0.05, 0) is 61.7 Å². The van der Waals surface area contributed by atoms with Crippen molar-refractivity contribution >= 4 is 5.78 Å². The molecule has 3 nitrogen and oxygen atoms in total. The van der Waals surface area contributed by atoms with E-state index in [1.165, 1.54) is 12.8 Å². The second kappa shape index (κ2) is 8.11. The van der Waals surface area contributed by atoms with Crippen molar-refractivity contribution < 1.29 is 9.53 Å². The normalized spacial score (nSPS) is 18.3. The summed E-state index contributed by atoms with van der Waals surface area (Å²) in [4.78, 5) is 14.8. The average Bonchev–Trinajstić information content (AvgIpc) is 2.61. The molecule has 126 valence electrons. The highest BCUT2D eigenvalue weighted by Gasteiger charge is 2.17. The van der Waals surface area contributed by atoms with E-state index >= 15 is 0 Å². The number of Topliss-reactive ketones (excluding diaryl/α,β-unsaturated/α-hetero) is 1. The highest BCUT2D eigenvalue weighted by Crippen LogP contribution is 2.22. The summed E-state index contributed by atoms with van der Waals surface area (Å²) < 4.78 is 5.76. The van der Waals surface area contributed by atoms with Crippen molar-refractivity contribution in [1.29, 1.82) is 0 Å². The number of hydrogen-bond acceptors (Lipinski definition) is 3. The molecule has 1 saturated heterocycles. The molecule has 3 rings (SSSR count). The summed E-state index contributed by atoms with van der Waals surface area (Å²) in [5.41, 5.74) is 0.764. The number of ketones is 1. The summed E-state index contributed by atoms with van der Waals surface area (Å²) in [7, 11) is 0. The molecular formula is C21H25NO2. The van der Waals surface area contributed by atoms with Crippen LogP contribution >= 0.6 is 0 Å². The van der Waals surface area contributed by atoms with Gasteiger partial charge < -0.3 is 9.64 Å². The number of benzene rings is 2. The first-order chi connectivity index (χ1) is 11.7. The van der Waals surface area contributed by atoms with Crippen molar-refractivity contribution in [2.24, 2.45) is 5.92 Å². The molecule has 0 radical (unpaired) electrons. The van der Waals surface area contributed by atoms with Crippen LogP contribution in [-0.2, 0) is 0 Å². The Morgan fingerprint density at radius 2 is 1.79 bits per heavy atom. The Morgan fingerprint density at radius 1 is 1.08 bits per heavy atom. The zero-order valence-electron chi connectivity index (χ0n) is 14.3. The molecule has 1 aliphatic rings. The summed E-state index contributed by atoms with van der Waals surface area (Å²) in [6.07, 6.45) is 3.15. The number of piperidine rings is 1. The van der Waals surface area contributed by atoms with Crippen LogP contribution in [0.15, 0.2) is 54.6 Å². The number of rotatable bonds is 6. The monoisotopic (exact) mass is 323 g/mol. The van der Waals surface area contributed by atoms with Crippen LogP contribution in [0.4, 0.5) is 0 Å². The summed E-state index contributed by atoms with van der Waals surface area (Å²) in [6.45, 7) is 5.41. The maximum atomic E-state index is 12.4. The zero-order valence-corrected chi connectivity index (χ0v) is 14.3.